The summed E-state index contributed by atoms with van der Waals surface area (Å²) in [6.07, 6.45) is 0. The van der Waals surface area contributed by atoms with Crippen molar-refractivity contribution in [1.29, 1.82) is 0 Å². The Hall–Kier alpha value is -3.64. The summed E-state index contributed by atoms with van der Waals surface area (Å²) in [6.45, 7) is 0.882. The van der Waals surface area contributed by atoms with Crippen LogP contribution in [0.25, 0.3) is 0 Å². The van der Waals surface area contributed by atoms with Gasteiger partial charge in [0.1, 0.15) is 11.5 Å². The number of aromatic nitrogens is 3. The number of urea groups is 1. The molecule has 174 valence electrons. The molecule has 3 aromatic rings. The second-order valence-corrected chi connectivity index (χ2v) is 7.87. The number of amides is 3. The zero-order valence-electron chi connectivity index (χ0n) is 18.1. The lowest BCUT2D eigenvalue weighted by molar-refractivity contribution is 0.0774. The Bertz CT molecular complexity index is 1180. The van der Waals surface area contributed by atoms with Gasteiger partial charge in [0.2, 0.25) is 0 Å². The molecule has 2 heterocycles. The number of carbonyl (C=O) groups is 2. The summed E-state index contributed by atoms with van der Waals surface area (Å²) >= 11 is 1.21. The molecule has 33 heavy (non-hydrogen) atoms. The lowest BCUT2D eigenvalue weighted by Crippen LogP contribution is -2.31. The fraction of sp³-hybridized carbons (Fsp3) is 0.286. The Morgan fingerprint density at radius 3 is 2.85 bits per heavy atom. The Labute approximate surface area is 193 Å². The number of anilines is 1. The number of carbonyl (C=O) groups excluding carboxylic acids is 2. The first-order valence-corrected chi connectivity index (χ1v) is 10.8. The Morgan fingerprint density at radius 2 is 2.09 bits per heavy atom. The van der Waals surface area contributed by atoms with Crippen LogP contribution < -0.4 is 16.2 Å². The van der Waals surface area contributed by atoms with Gasteiger partial charge in [0.15, 0.2) is 5.13 Å². The van der Waals surface area contributed by atoms with Crippen LogP contribution in [-0.4, -0.2) is 52.4 Å². The third kappa shape index (κ3) is 6.92. The lowest BCUT2D eigenvalue weighted by atomic mass is 10.2. The monoisotopic (exact) mass is 474 g/mol. The molecule has 0 saturated carbocycles. The van der Waals surface area contributed by atoms with Crippen molar-refractivity contribution in [3.63, 3.8) is 0 Å². The van der Waals surface area contributed by atoms with Crippen LogP contribution in [0.4, 0.5) is 14.3 Å². The summed E-state index contributed by atoms with van der Waals surface area (Å²) < 4.78 is 19.3. The molecule has 0 saturated heterocycles. The summed E-state index contributed by atoms with van der Waals surface area (Å²) in [6, 6.07) is 8.13. The molecule has 2 N–H and O–H groups in total. The predicted octanol–water partition coefficient (Wildman–Crippen LogP) is 2.08. The van der Waals surface area contributed by atoms with Crippen molar-refractivity contribution in [3.8, 4) is 0 Å². The molecular formula is C21H23FN6O4S. The zero-order chi connectivity index (χ0) is 23.8. The summed E-state index contributed by atoms with van der Waals surface area (Å²) in [5.41, 5.74) is 1.01. The van der Waals surface area contributed by atoms with E-state index in [2.05, 4.69) is 20.7 Å². The number of ether oxygens (including phenoxy) is 1. The van der Waals surface area contributed by atoms with E-state index >= 15 is 0 Å². The molecular weight excluding hydrogens is 451 g/mol. The molecule has 0 bridgehead atoms. The highest BCUT2D eigenvalue weighted by molar-refractivity contribution is 7.13. The molecule has 0 unspecified atom stereocenters. The van der Waals surface area contributed by atoms with Gasteiger partial charge in [0, 0.05) is 32.1 Å². The van der Waals surface area contributed by atoms with Crippen LogP contribution >= 0.6 is 11.3 Å². The van der Waals surface area contributed by atoms with Crippen LogP contribution in [0.5, 0.6) is 0 Å². The standard InChI is InChI=1S/C21H23FN6O4S/c1-27(19(30)17-6-7-18(29)28(26-17)8-9-32-2)12-16-13-33-21(24-16)25-20(31)23-11-14-4-3-5-15(22)10-14/h3-7,10,13H,8-9,11-12H2,1-2H3,(H2,23,24,25,31). The maximum Gasteiger partial charge on any atom is 0.321 e. The van der Waals surface area contributed by atoms with Gasteiger partial charge in [0.25, 0.3) is 11.5 Å². The lowest BCUT2D eigenvalue weighted by Gasteiger charge is -2.15. The molecule has 0 aliphatic rings. The molecule has 3 amide bonds. The normalized spacial score (nSPS) is 10.6. The topological polar surface area (TPSA) is 118 Å². The first kappa shape index (κ1) is 24.0. The highest BCUT2D eigenvalue weighted by Gasteiger charge is 2.17. The smallest absolute Gasteiger partial charge is 0.321 e. The molecule has 10 nitrogen and oxygen atoms in total. The number of benzene rings is 1. The van der Waals surface area contributed by atoms with E-state index in [1.54, 1.807) is 24.6 Å². The molecule has 0 radical (unpaired) electrons. The Morgan fingerprint density at radius 1 is 1.27 bits per heavy atom. The minimum absolute atomic E-state index is 0.124. The number of hydrogen-bond acceptors (Lipinski definition) is 7. The Balaban J connectivity index is 1.54. The van der Waals surface area contributed by atoms with Crippen molar-refractivity contribution in [2.75, 3.05) is 26.1 Å². The van der Waals surface area contributed by atoms with E-state index in [9.17, 15) is 18.8 Å². The highest BCUT2D eigenvalue weighted by atomic mass is 32.1. The van der Waals surface area contributed by atoms with Crippen LogP contribution in [-0.2, 0) is 24.4 Å². The largest absolute Gasteiger partial charge is 0.383 e. The van der Waals surface area contributed by atoms with E-state index in [0.29, 0.717) is 23.0 Å². The third-order valence-electron chi connectivity index (χ3n) is 4.45. The first-order valence-electron chi connectivity index (χ1n) is 9.92. The van der Waals surface area contributed by atoms with Gasteiger partial charge in [-0.2, -0.15) is 5.10 Å². The second-order valence-electron chi connectivity index (χ2n) is 7.02. The van der Waals surface area contributed by atoms with Gasteiger partial charge in [0.05, 0.1) is 25.4 Å². The van der Waals surface area contributed by atoms with E-state index in [1.165, 1.54) is 52.3 Å². The molecule has 3 rings (SSSR count). The number of hydrogen-bond donors (Lipinski definition) is 2. The molecule has 0 atom stereocenters. The van der Waals surface area contributed by atoms with E-state index in [-0.39, 0.29) is 42.6 Å². The van der Waals surface area contributed by atoms with Gasteiger partial charge < -0.3 is 15.0 Å². The third-order valence-corrected chi connectivity index (χ3v) is 5.26. The number of nitrogens with one attached hydrogen (secondary N) is 2. The fourth-order valence-electron chi connectivity index (χ4n) is 2.82. The molecule has 0 aliphatic carbocycles. The number of thiazole rings is 1. The molecule has 12 heteroatoms. The number of rotatable bonds is 9. The minimum atomic E-state index is -0.480. The van der Waals surface area contributed by atoms with Crippen molar-refractivity contribution >= 4 is 28.4 Å². The molecule has 0 aliphatic heterocycles. The first-order chi connectivity index (χ1) is 15.9. The average molecular weight is 475 g/mol. The maximum atomic E-state index is 13.2. The summed E-state index contributed by atoms with van der Waals surface area (Å²) in [7, 11) is 3.10. The van der Waals surface area contributed by atoms with Gasteiger partial charge in [-0.05, 0) is 23.8 Å². The number of nitrogens with zero attached hydrogens (tertiary/aromatic N) is 4. The molecule has 0 spiro atoms. The number of methoxy groups -OCH3 is 1. The molecule has 0 fully saturated rings. The van der Waals surface area contributed by atoms with Crippen molar-refractivity contribution in [1.82, 2.24) is 25.0 Å². The Kier molecular flexibility index (Phi) is 8.22. The van der Waals surface area contributed by atoms with Crippen molar-refractivity contribution in [3.05, 3.63) is 74.9 Å². The van der Waals surface area contributed by atoms with Crippen molar-refractivity contribution < 1.29 is 18.7 Å². The summed E-state index contributed by atoms with van der Waals surface area (Å²) in [4.78, 5) is 42.3. The average Bonchev–Trinajstić information content (AvgIpc) is 3.23. The van der Waals surface area contributed by atoms with Gasteiger partial charge in [-0.25, -0.2) is 18.9 Å². The predicted molar refractivity (Wildman–Crippen MR) is 121 cm³/mol. The van der Waals surface area contributed by atoms with E-state index in [1.807, 2.05) is 0 Å². The number of halogens is 1. The van der Waals surface area contributed by atoms with Gasteiger partial charge in [-0.15, -0.1) is 11.3 Å². The quantitative estimate of drug-likeness (QED) is 0.490. The van der Waals surface area contributed by atoms with Gasteiger partial charge >= 0.3 is 6.03 Å². The zero-order valence-corrected chi connectivity index (χ0v) is 18.9. The van der Waals surface area contributed by atoms with Crippen LogP contribution in [0.3, 0.4) is 0 Å². The van der Waals surface area contributed by atoms with Gasteiger partial charge in [-0.1, -0.05) is 12.1 Å². The van der Waals surface area contributed by atoms with Crippen LogP contribution in [0.15, 0.2) is 46.6 Å². The summed E-state index contributed by atoms with van der Waals surface area (Å²) in [5.74, 6) is -0.751. The molecule has 2 aromatic heterocycles. The minimum Gasteiger partial charge on any atom is -0.383 e. The summed E-state index contributed by atoms with van der Waals surface area (Å²) in [5, 5.41) is 11.4. The van der Waals surface area contributed by atoms with E-state index < -0.39 is 6.03 Å². The van der Waals surface area contributed by atoms with Crippen LogP contribution in [0, 0.1) is 5.82 Å². The fourth-order valence-corrected chi connectivity index (χ4v) is 3.52. The second kappa shape index (κ2) is 11.3. The SMILES string of the molecule is COCCn1nc(C(=O)N(C)Cc2csc(NC(=O)NCc3cccc(F)c3)n2)ccc1=O. The van der Waals surface area contributed by atoms with E-state index in [0.717, 1.165) is 0 Å². The van der Waals surface area contributed by atoms with Crippen molar-refractivity contribution in [2.24, 2.45) is 0 Å². The van der Waals surface area contributed by atoms with Gasteiger partial charge in [-0.3, -0.25) is 14.9 Å². The van der Waals surface area contributed by atoms with Crippen molar-refractivity contribution in [2.45, 2.75) is 19.6 Å². The van der Waals surface area contributed by atoms with E-state index in [4.69, 9.17) is 4.74 Å². The maximum absolute atomic E-state index is 13.2. The molecule has 1 aromatic carbocycles. The highest BCUT2D eigenvalue weighted by Crippen LogP contribution is 2.17. The van der Waals surface area contributed by atoms with Crippen LogP contribution in [0.1, 0.15) is 21.7 Å². The van der Waals surface area contributed by atoms with Crippen LogP contribution in [0.2, 0.25) is 0 Å².